The van der Waals surface area contributed by atoms with Crippen LogP contribution in [0.2, 0.25) is 0 Å². The van der Waals surface area contributed by atoms with Gasteiger partial charge in [-0.05, 0) is 19.1 Å². The quantitative estimate of drug-likeness (QED) is 0.830. The Morgan fingerprint density at radius 3 is 2.80 bits per heavy atom. The maximum Gasteiger partial charge on any atom is 0.269 e. The summed E-state index contributed by atoms with van der Waals surface area (Å²) in [6, 6.07) is 3.57. The summed E-state index contributed by atoms with van der Waals surface area (Å²) < 4.78 is 1.94. The predicted molar refractivity (Wildman–Crippen MR) is 77.6 cm³/mol. The molecule has 0 fully saturated rings. The molecule has 0 aliphatic heterocycles. The lowest BCUT2D eigenvalue weighted by Gasteiger charge is -2.06. The standard InChI is InChI=1S/C14H19N5O/c1-3-15-11-4-5-12(18-10-11)14(20)17-7-6-13-16-8-9-19(13)2/h4-5,8-10,15H,3,6-7H2,1-2H3,(H,17,20). The van der Waals surface area contributed by atoms with Crippen molar-refractivity contribution in [3.8, 4) is 0 Å². The number of hydrogen-bond donors (Lipinski definition) is 2. The van der Waals surface area contributed by atoms with Crippen LogP contribution >= 0.6 is 0 Å². The van der Waals surface area contributed by atoms with E-state index < -0.39 is 0 Å². The highest BCUT2D eigenvalue weighted by Gasteiger charge is 2.07. The fraction of sp³-hybridized carbons (Fsp3) is 0.357. The Labute approximate surface area is 118 Å². The number of nitrogens with one attached hydrogen (secondary N) is 2. The van der Waals surface area contributed by atoms with Crippen LogP contribution in [0.15, 0.2) is 30.7 Å². The minimum absolute atomic E-state index is 0.165. The Bertz CT molecular complexity index is 561. The van der Waals surface area contributed by atoms with E-state index in [1.807, 2.05) is 30.8 Å². The van der Waals surface area contributed by atoms with Crippen LogP contribution in [-0.2, 0) is 13.5 Å². The number of imidazole rings is 1. The van der Waals surface area contributed by atoms with Crippen LogP contribution in [0.4, 0.5) is 5.69 Å². The molecule has 2 aromatic rings. The van der Waals surface area contributed by atoms with Crippen molar-refractivity contribution in [1.29, 1.82) is 0 Å². The topological polar surface area (TPSA) is 71.8 Å². The van der Waals surface area contributed by atoms with Crippen molar-refractivity contribution in [2.45, 2.75) is 13.3 Å². The zero-order chi connectivity index (χ0) is 14.4. The second kappa shape index (κ2) is 6.70. The average Bonchev–Trinajstić information content (AvgIpc) is 2.85. The van der Waals surface area contributed by atoms with Gasteiger partial charge in [-0.2, -0.15) is 0 Å². The smallest absolute Gasteiger partial charge is 0.269 e. The van der Waals surface area contributed by atoms with E-state index in [-0.39, 0.29) is 5.91 Å². The summed E-state index contributed by atoms with van der Waals surface area (Å²) in [6.07, 6.45) is 6.00. The van der Waals surface area contributed by atoms with Crippen LogP contribution in [0.5, 0.6) is 0 Å². The highest BCUT2D eigenvalue weighted by molar-refractivity contribution is 5.92. The second-order valence-electron chi connectivity index (χ2n) is 4.42. The Morgan fingerprint density at radius 1 is 1.35 bits per heavy atom. The second-order valence-corrected chi connectivity index (χ2v) is 4.42. The van der Waals surface area contributed by atoms with Gasteiger partial charge in [0.25, 0.3) is 5.91 Å². The molecular weight excluding hydrogens is 254 g/mol. The van der Waals surface area contributed by atoms with Crippen LogP contribution in [0.3, 0.4) is 0 Å². The minimum Gasteiger partial charge on any atom is -0.384 e. The summed E-state index contributed by atoms with van der Waals surface area (Å²) in [5.74, 6) is 0.781. The molecule has 0 saturated carbocycles. The lowest BCUT2D eigenvalue weighted by Crippen LogP contribution is -2.27. The molecular formula is C14H19N5O. The van der Waals surface area contributed by atoms with E-state index in [1.54, 1.807) is 18.5 Å². The first-order valence-electron chi connectivity index (χ1n) is 6.65. The molecule has 0 aliphatic carbocycles. The number of anilines is 1. The highest BCUT2D eigenvalue weighted by atomic mass is 16.1. The molecule has 0 unspecified atom stereocenters. The van der Waals surface area contributed by atoms with E-state index in [0.29, 0.717) is 18.7 Å². The number of carbonyl (C=O) groups excluding carboxylic acids is 1. The Balaban J connectivity index is 1.84. The van der Waals surface area contributed by atoms with E-state index in [2.05, 4.69) is 20.6 Å². The monoisotopic (exact) mass is 273 g/mol. The Hall–Kier alpha value is -2.37. The molecule has 0 aromatic carbocycles. The van der Waals surface area contributed by atoms with E-state index in [9.17, 15) is 4.79 Å². The number of nitrogens with zero attached hydrogens (tertiary/aromatic N) is 3. The maximum atomic E-state index is 11.9. The van der Waals surface area contributed by atoms with Gasteiger partial charge in [0.15, 0.2) is 0 Å². The molecule has 0 bridgehead atoms. The zero-order valence-corrected chi connectivity index (χ0v) is 11.8. The van der Waals surface area contributed by atoms with Crippen molar-refractivity contribution in [2.24, 2.45) is 7.05 Å². The van der Waals surface area contributed by atoms with Crippen molar-refractivity contribution in [2.75, 3.05) is 18.4 Å². The van der Waals surface area contributed by atoms with Gasteiger partial charge in [-0.15, -0.1) is 0 Å². The van der Waals surface area contributed by atoms with Crippen LogP contribution in [-0.4, -0.2) is 33.5 Å². The first-order chi connectivity index (χ1) is 9.70. The molecule has 2 rings (SSSR count). The molecule has 106 valence electrons. The summed E-state index contributed by atoms with van der Waals surface area (Å²) in [5, 5.41) is 5.98. The van der Waals surface area contributed by atoms with Gasteiger partial charge in [-0.3, -0.25) is 4.79 Å². The Kier molecular flexibility index (Phi) is 4.70. The SMILES string of the molecule is CCNc1ccc(C(=O)NCCc2nccn2C)nc1. The number of pyridine rings is 1. The normalized spacial score (nSPS) is 10.3. The van der Waals surface area contributed by atoms with Gasteiger partial charge >= 0.3 is 0 Å². The minimum atomic E-state index is -0.165. The van der Waals surface area contributed by atoms with E-state index in [4.69, 9.17) is 0 Å². The first kappa shape index (κ1) is 14.0. The predicted octanol–water partition coefficient (Wildman–Crippen LogP) is 1.22. The molecule has 2 heterocycles. The fourth-order valence-corrected chi connectivity index (χ4v) is 1.85. The van der Waals surface area contributed by atoms with Crippen molar-refractivity contribution < 1.29 is 4.79 Å². The average molecular weight is 273 g/mol. The van der Waals surface area contributed by atoms with Gasteiger partial charge in [-0.1, -0.05) is 0 Å². The van der Waals surface area contributed by atoms with Crippen LogP contribution in [0, 0.1) is 0 Å². The molecule has 0 spiro atoms. The molecule has 0 saturated heterocycles. The lowest BCUT2D eigenvalue weighted by atomic mass is 10.3. The molecule has 20 heavy (non-hydrogen) atoms. The lowest BCUT2D eigenvalue weighted by molar-refractivity contribution is 0.0949. The number of aryl methyl sites for hydroxylation is 1. The van der Waals surface area contributed by atoms with Gasteiger partial charge in [0.1, 0.15) is 11.5 Å². The summed E-state index contributed by atoms with van der Waals surface area (Å²) in [5.41, 5.74) is 1.34. The number of hydrogen-bond acceptors (Lipinski definition) is 4. The molecule has 2 aromatic heterocycles. The number of amides is 1. The molecule has 0 radical (unpaired) electrons. The van der Waals surface area contributed by atoms with Crippen molar-refractivity contribution in [3.63, 3.8) is 0 Å². The molecule has 1 amide bonds. The van der Waals surface area contributed by atoms with E-state index in [0.717, 1.165) is 18.1 Å². The van der Waals surface area contributed by atoms with Gasteiger partial charge in [-0.25, -0.2) is 9.97 Å². The van der Waals surface area contributed by atoms with E-state index in [1.165, 1.54) is 0 Å². The molecule has 2 N–H and O–H groups in total. The third-order valence-electron chi connectivity index (χ3n) is 2.93. The summed E-state index contributed by atoms with van der Waals surface area (Å²) >= 11 is 0. The van der Waals surface area contributed by atoms with Crippen molar-refractivity contribution in [3.05, 3.63) is 42.2 Å². The third kappa shape index (κ3) is 3.57. The largest absolute Gasteiger partial charge is 0.384 e. The summed E-state index contributed by atoms with van der Waals surface area (Å²) in [7, 11) is 1.94. The van der Waals surface area contributed by atoms with E-state index >= 15 is 0 Å². The van der Waals surface area contributed by atoms with Gasteiger partial charge in [0.2, 0.25) is 0 Å². The zero-order valence-electron chi connectivity index (χ0n) is 11.8. The van der Waals surface area contributed by atoms with Crippen LogP contribution in [0.1, 0.15) is 23.2 Å². The molecule has 0 aliphatic rings. The van der Waals surface area contributed by atoms with Gasteiger partial charge in [0.05, 0.1) is 11.9 Å². The van der Waals surface area contributed by atoms with Gasteiger partial charge in [0, 0.05) is 39.0 Å². The Morgan fingerprint density at radius 2 is 2.20 bits per heavy atom. The van der Waals surface area contributed by atoms with Crippen molar-refractivity contribution >= 4 is 11.6 Å². The molecule has 6 nitrogen and oxygen atoms in total. The first-order valence-corrected chi connectivity index (χ1v) is 6.65. The van der Waals surface area contributed by atoms with Crippen molar-refractivity contribution in [1.82, 2.24) is 19.9 Å². The van der Waals surface area contributed by atoms with Crippen LogP contribution in [0.25, 0.3) is 0 Å². The third-order valence-corrected chi connectivity index (χ3v) is 2.93. The number of aromatic nitrogens is 3. The summed E-state index contributed by atoms with van der Waals surface area (Å²) in [4.78, 5) is 20.2. The summed E-state index contributed by atoms with van der Waals surface area (Å²) in [6.45, 7) is 3.38. The number of carbonyl (C=O) groups is 1. The number of rotatable bonds is 6. The maximum absolute atomic E-state index is 11.9. The van der Waals surface area contributed by atoms with Gasteiger partial charge < -0.3 is 15.2 Å². The fourth-order valence-electron chi connectivity index (χ4n) is 1.85. The highest BCUT2D eigenvalue weighted by Crippen LogP contribution is 2.05. The molecule has 6 heteroatoms. The molecule has 0 atom stereocenters. The van der Waals surface area contributed by atoms with Crippen LogP contribution < -0.4 is 10.6 Å².